The third-order valence-corrected chi connectivity index (χ3v) is 4.27. The van der Waals surface area contributed by atoms with Gasteiger partial charge in [-0.05, 0) is 30.7 Å². The van der Waals surface area contributed by atoms with E-state index in [1.165, 1.54) is 0 Å². The second kappa shape index (κ2) is 6.63. The number of hydrogen-bond donors (Lipinski definition) is 1. The molecule has 5 nitrogen and oxygen atoms in total. The van der Waals surface area contributed by atoms with Gasteiger partial charge in [-0.2, -0.15) is 5.10 Å². The summed E-state index contributed by atoms with van der Waals surface area (Å²) >= 11 is 6.33. The van der Waals surface area contributed by atoms with E-state index in [0.29, 0.717) is 39.1 Å². The Balaban J connectivity index is 2.30. The Morgan fingerprint density at radius 3 is 2.33 bits per heavy atom. The van der Waals surface area contributed by atoms with Crippen molar-refractivity contribution in [2.24, 2.45) is 10.2 Å². The summed E-state index contributed by atoms with van der Waals surface area (Å²) in [6.07, 6.45) is -0.886. The van der Waals surface area contributed by atoms with E-state index in [-0.39, 0.29) is 0 Å². The molecule has 0 amide bonds. The van der Waals surface area contributed by atoms with Gasteiger partial charge in [0.25, 0.3) is 0 Å². The van der Waals surface area contributed by atoms with Gasteiger partial charge in [0.05, 0.1) is 25.0 Å². The standard InChI is InChI=1S/C18H17ClN2O3/c1-10-18(22)13-9-16(24-3)15(23-2)8-12(13)17(21-20-10)11-6-4-5-7-14(11)19/h4-9,18,22H,1-3H3. The molecule has 6 heteroatoms. The highest BCUT2D eigenvalue weighted by atomic mass is 35.5. The lowest BCUT2D eigenvalue weighted by Gasteiger charge is -2.17. The van der Waals surface area contributed by atoms with Gasteiger partial charge in [0.2, 0.25) is 0 Å². The normalized spacial score (nSPS) is 16.6. The maximum atomic E-state index is 10.6. The highest BCUT2D eigenvalue weighted by molar-refractivity contribution is 6.35. The number of hydrogen-bond acceptors (Lipinski definition) is 5. The van der Waals surface area contributed by atoms with E-state index in [4.69, 9.17) is 21.1 Å². The summed E-state index contributed by atoms with van der Waals surface area (Å²) in [7, 11) is 3.11. The average Bonchev–Trinajstić information content (AvgIpc) is 2.72. The van der Waals surface area contributed by atoms with Crippen LogP contribution in [0.2, 0.25) is 5.02 Å². The maximum absolute atomic E-state index is 10.6. The molecule has 2 aromatic rings. The molecule has 0 saturated carbocycles. The monoisotopic (exact) mass is 344 g/mol. The molecule has 1 aliphatic heterocycles. The van der Waals surface area contributed by atoms with Crippen molar-refractivity contribution in [1.82, 2.24) is 0 Å². The molecule has 124 valence electrons. The second-order valence-corrected chi connectivity index (χ2v) is 5.77. The minimum absolute atomic E-state index is 0.491. The van der Waals surface area contributed by atoms with Crippen LogP contribution in [0.3, 0.4) is 0 Å². The first-order valence-electron chi connectivity index (χ1n) is 7.38. The fraction of sp³-hybridized carbons (Fsp3) is 0.222. The van der Waals surface area contributed by atoms with Crippen molar-refractivity contribution in [3.05, 3.63) is 58.1 Å². The number of fused-ring (bicyclic) bond motifs is 1. The Kier molecular flexibility index (Phi) is 4.55. The molecule has 24 heavy (non-hydrogen) atoms. The zero-order chi connectivity index (χ0) is 17.3. The van der Waals surface area contributed by atoms with Gasteiger partial charge < -0.3 is 14.6 Å². The van der Waals surface area contributed by atoms with Crippen molar-refractivity contribution in [3.63, 3.8) is 0 Å². The summed E-state index contributed by atoms with van der Waals surface area (Å²) in [6.45, 7) is 1.73. The van der Waals surface area contributed by atoms with Crippen LogP contribution < -0.4 is 9.47 Å². The lowest BCUT2D eigenvalue weighted by Crippen LogP contribution is -2.13. The van der Waals surface area contributed by atoms with Gasteiger partial charge in [0.15, 0.2) is 11.5 Å². The second-order valence-electron chi connectivity index (χ2n) is 5.37. The van der Waals surface area contributed by atoms with Crippen molar-refractivity contribution >= 4 is 23.0 Å². The smallest absolute Gasteiger partial charge is 0.161 e. The molecular weight excluding hydrogens is 328 g/mol. The van der Waals surface area contributed by atoms with Gasteiger partial charge in [-0.1, -0.05) is 29.8 Å². The molecule has 1 unspecified atom stereocenters. The van der Waals surface area contributed by atoms with E-state index >= 15 is 0 Å². The molecule has 0 fully saturated rings. The van der Waals surface area contributed by atoms with Crippen LogP contribution in [0.4, 0.5) is 0 Å². The third-order valence-electron chi connectivity index (χ3n) is 3.94. The molecule has 0 radical (unpaired) electrons. The summed E-state index contributed by atoms with van der Waals surface area (Å²) in [5.41, 5.74) is 3.15. The van der Waals surface area contributed by atoms with Crippen LogP contribution in [0.25, 0.3) is 0 Å². The van der Waals surface area contributed by atoms with Crippen LogP contribution >= 0.6 is 11.6 Å². The van der Waals surface area contributed by atoms with Gasteiger partial charge in [-0.25, -0.2) is 0 Å². The summed E-state index contributed by atoms with van der Waals surface area (Å²) in [4.78, 5) is 0. The molecule has 1 heterocycles. The minimum atomic E-state index is -0.886. The number of nitrogens with zero attached hydrogens (tertiary/aromatic N) is 2. The number of aliphatic hydroxyl groups excluding tert-OH is 1. The molecule has 0 bridgehead atoms. The molecule has 2 aromatic carbocycles. The number of aliphatic hydroxyl groups is 1. The summed E-state index contributed by atoms with van der Waals surface area (Å²) in [5.74, 6) is 1.08. The molecule has 0 saturated heterocycles. The Morgan fingerprint density at radius 2 is 1.67 bits per heavy atom. The predicted octanol–water partition coefficient (Wildman–Crippen LogP) is 3.62. The fourth-order valence-electron chi connectivity index (χ4n) is 2.64. The molecule has 0 aromatic heterocycles. The SMILES string of the molecule is COc1cc2c(cc1OC)C(O)C(C)=NN=C2c1ccccc1Cl. The molecule has 0 spiro atoms. The first kappa shape index (κ1) is 16.5. The van der Waals surface area contributed by atoms with Gasteiger partial charge >= 0.3 is 0 Å². The van der Waals surface area contributed by atoms with Crippen LogP contribution in [0, 0.1) is 0 Å². The molecule has 1 aliphatic rings. The zero-order valence-electron chi connectivity index (χ0n) is 13.6. The van der Waals surface area contributed by atoms with Gasteiger partial charge in [-0.3, -0.25) is 0 Å². The van der Waals surface area contributed by atoms with E-state index < -0.39 is 6.10 Å². The van der Waals surface area contributed by atoms with Gasteiger partial charge in [-0.15, -0.1) is 5.10 Å². The van der Waals surface area contributed by atoms with E-state index in [0.717, 1.165) is 5.56 Å². The Bertz CT molecular complexity index is 846. The Morgan fingerprint density at radius 1 is 1.00 bits per heavy atom. The lowest BCUT2D eigenvalue weighted by atomic mass is 9.93. The van der Waals surface area contributed by atoms with Gasteiger partial charge in [0.1, 0.15) is 11.8 Å². The Labute approximate surface area is 145 Å². The van der Waals surface area contributed by atoms with Crippen LogP contribution in [0.5, 0.6) is 11.5 Å². The largest absolute Gasteiger partial charge is 0.493 e. The fourth-order valence-corrected chi connectivity index (χ4v) is 2.87. The van der Waals surface area contributed by atoms with E-state index in [1.54, 1.807) is 39.3 Å². The van der Waals surface area contributed by atoms with Crippen molar-refractivity contribution in [3.8, 4) is 11.5 Å². The Hall–Kier alpha value is -2.37. The predicted molar refractivity (Wildman–Crippen MR) is 94.7 cm³/mol. The molecule has 1 N–H and O–H groups in total. The zero-order valence-corrected chi connectivity index (χ0v) is 14.3. The minimum Gasteiger partial charge on any atom is -0.493 e. The van der Waals surface area contributed by atoms with Crippen LogP contribution in [0.15, 0.2) is 46.6 Å². The molecule has 1 atom stereocenters. The quantitative estimate of drug-likeness (QED) is 0.925. The average molecular weight is 345 g/mol. The third kappa shape index (κ3) is 2.77. The first-order valence-corrected chi connectivity index (χ1v) is 7.76. The number of halogens is 1. The lowest BCUT2D eigenvalue weighted by molar-refractivity contribution is 0.245. The number of methoxy groups -OCH3 is 2. The van der Waals surface area contributed by atoms with Crippen molar-refractivity contribution in [1.29, 1.82) is 0 Å². The number of ether oxygens (including phenoxy) is 2. The topological polar surface area (TPSA) is 63.4 Å². The van der Waals surface area contributed by atoms with Crippen LogP contribution in [-0.4, -0.2) is 30.7 Å². The van der Waals surface area contributed by atoms with E-state index in [9.17, 15) is 5.11 Å². The van der Waals surface area contributed by atoms with Gasteiger partial charge in [0, 0.05) is 11.1 Å². The summed E-state index contributed by atoms with van der Waals surface area (Å²) < 4.78 is 10.7. The summed E-state index contributed by atoms with van der Waals surface area (Å²) in [6, 6.07) is 10.9. The number of rotatable bonds is 3. The number of benzene rings is 2. The molecular formula is C18H17ClN2O3. The van der Waals surface area contributed by atoms with Crippen LogP contribution in [-0.2, 0) is 0 Å². The van der Waals surface area contributed by atoms with E-state index in [1.807, 2.05) is 18.2 Å². The molecule has 3 rings (SSSR count). The van der Waals surface area contributed by atoms with Crippen LogP contribution in [0.1, 0.15) is 29.7 Å². The summed E-state index contributed by atoms with van der Waals surface area (Å²) in [5, 5.41) is 19.6. The molecule has 0 aliphatic carbocycles. The van der Waals surface area contributed by atoms with Crippen molar-refractivity contribution in [2.75, 3.05) is 14.2 Å². The van der Waals surface area contributed by atoms with Crippen molar-refractivity contribution in [2.45, 2.75) is 13.0 Å². The first-order chi connectivity index (χ1) is 11.6. The van der Waals surface area contributed by atoms with E-state index in [2.05, 4.69) is 10.2 Å². The van der Waals surface area contributed by atoms with Crippen molar-refractivity contribution < 1.29 is 14.6 Å². The highest BCUT2D eigenvalue weighted by Crippen LogP contribution is 2.37. The maximum Gasteiger partial charge on any atom is 0.161 e. The highest BCUT2D eigenvalue weighted by Gasteiger charge is 2.26.